The number of carbonyl (C=O) groups excluding carboxylic acids is 1. The highest BCUT2D eigenvalue weighted by molar-refractivity contribution is 7.90. The van der Waals surface area contributed by atoms with Crippen LogP contribution >= 0.6 is 11.6 Å². The number of ether oxygens (including phenoxy) is 1. The Bertz CT molecular complexity index is 1400. The molecular weight excluding hydrogens is 441 g/mol. The van der Waals surface area contributed by atoms with Crippen LogP contribution in [0.25, 0.3) is 22.0 Å². The number of benzene rings is 3. The molecule has 0 unspecified atom stereocenters. The van der Waals surface area contributed by atoms with Crippen LogP contribution in [-0.2, 0) is 14.8 Å². The van der Waals surface area contributed by atoms with Crippen LogP contribution in [-0.4, -0.2) is 25.0 Å². The molecule has 3 aromatic carbocycles. The van der Waals surface area contributed by atoms with Gasteiger partial charge in [0.15, 0.2) is 0 Å². The number of rotatable bonds is 5. The third-order valence-corrected chi connectivity index (χ3v) is 6.76. The summed E-state index contributed by atoms with van der Waals surface area (Å²) in [4.78, 5) is 11.9. The smallest absolute Gasteiger partial charge is 0.356 e. The van der Waals surface area contributed by atoms with Gasteiger partial charge in [-0.25, -0.2) is 21.6 Å². The largest absolute Gasteiger partial charge is 0.461 e. The van der Waals surface area contributed by atoms with Gasteiger partial charge in [-0.1, -0.05) is 48.0 Å². The summed E-state index contributed by atoms with van der Waals surface area (Å²) in [6.45, 7) is 1.67. The number of carbonyl (C=O) groups is 1. The van der Waals surface area contributed by atoms with Crippen molar-refractivity contribution in [3.8, 4) is 11.1 Å². The van der Waals surface area contributed by atoms with Crippen LogP contribution in [0.2, 0.25) is 5.02 Å². The fourth-order valence-electron chi connectivity index (χ4n) is 3.39. The van der Waals surface area contributed by atoms with E-state index in [1.54, 1.807) is 31.2 Å². The Hall–Kier alpha value is -3.16. The Morgan fingerprint density at radius 1 is 1.00 bits per heavy atom. The minimum absolute atomic E-state index is 0.0568. The summed E-state index contributed by atoms with van der Waals surface area (Å²) < 4.78 is 47.8. The zero-order valence-electron chi connectivity index (χ0n) is 16.4. The van der Waals surface area contributed by atoms with Crippen molar-refractivity contribution in [1.82, 2.24) is 3.97 Å². The van der Waals surface area contributed by atoms with E-state index in [1.165, 1.54) is 36.4 Å². The van der Waals surface area contributed by atoms with Crippen molar-refractivity contribution >= 4 is 38.5 Å². The summed E-state index contributed by atoms with van der Waals surface area (Å²) in [6, 6.07) is 18.8. The van der Waals surface area contributed by atoms with Gasteiger partial charge in [0.1, 0.15) is 16.4 Å². The predicted octanol–water partition coefficient (Wildman–Crippen LogP) is 5.51. The first-order chi connectivity index (χ1) is 14.8. The summed E-state index contributed by atoms with van der Waals surface area (Å²) in [7, 11) is -4.46. The fourth-order valence-corrected chi connectivity index (χ4v) is 5.12. The zero-order chi connectivity index (χ0) is 22.2. The second-order valence-corrected chi connectivity index (χ2v) is 8.93. The van der Waals surface area contributed by atoms with E-state index in [1.807, 2.05) is 6.07 Å². The molecule has 4 aromatic rings. The second-order valence-electron chi connectivity index (χ2n) is 6.73. The fraction of sp³-hybridized carbons (Fsp3) is 0.0870. The molecule has 1 heterocycles. The van der Waals surface area contributed by atoms with Crippen molar-refractivity contribution < 1.29 is 22.3 Å². The number of hydrogen-bond acceptors (Lipinski definition) is 4. The van der Waals surface area contributed by atoms with E-state index < -0.39 is 26.7 Å². The number of halogens is 2. The van der Waals surface area contributed by atoms with E-state index in [0.717, 1.165) is 15.6 Å². The van der Waals surface area contributed by atoms with E-state index in [4.69, 9.17) is 16.3 Å². The topological polar surface area (TPSA) is 65.4 Å². The van der Waals surface area contributed by atoms with Crippen LogP contribution in [0.15, 0.2) is 77.7 Å². The first-order valence-electron chi connectivity index (χ1n) is 9.41. The Morgan fingerprint density at radius 2 is 1.74 bits per heavy atom. The summed E-state index contributed by atoms with van der Waals surface area (Å²) >= 11 is 6.02. The first kappa shape index (κ1) is 21.1. The van der Waals surface area contributed by atoms with Crippen molar-refractivity contribution in [2.75, 3.05) is 6.61 Å². The number of hydrogen-bond donors (Lipinski definition) is 0. The molecule has 0 fully saturated rings. The van der Waals surface area contributed by atoms with Crippen LogP contribution in [0.5, 0.6) is 0 Å². The first-order valence-corrected chi connectivity index (χ1v) is 11.2. The Morgan fingerprint density at radius 3 is 2.42 bits per heavy atom. The van der Waals surface area contributed by atoms with E-state index in [9.17, 15) is 13.2 Å². The monoisotopic (exact) mass is 457 g/mol. The third-order valence-electron chi connectivity index (χ3n) is 4.76. The van der Waals surface area contributed by atoms with E-state index in [2.05, 4.69) is 0 Å². The molecule has 0 spiro atoms. The van der Waals surface area contributed by atoms with Gasteiger partial charge >= 0.3 is 5.97 Å². The Balaban J connectivity index is 1.91. The lowest BCUT2D eigenvalue weighted by Gasteiger charge is -2.13. The van der Waals surface area contributed by atoms with Crippen molar-refractivity contribution in [1.29, 1.82) is 0 Å². The maximum Gasteiger partial charge on any atom is 0.356 e. The van der Waals surface area contributed by atoms with Crippen molar-refractivity contribution in [3.63, 3.8) is 0 Å². The predicted molar refractivity (Wildman–Crippen MR) is 117 cm³/mol. The average molecular weight is 458 g/mol. The highest BCUT2D eigenvalue weighted by atomic mass is 35.5. The SMILES string of the molecule is CCOC(=O)c1cc2cc(Cl)ccc2n1S(=O)(=O)c1ccc(-c2ccccc2)cc1F. The summed E-state index contributed by atoms with van der Waals surface area (Å²) in [5.41, 5.74) is 1.25. The molecule has 0 saturated carbocycles. The molecule has 0 aliphatic heterocycles. The Kier molecular flexibility index (Phi) is 5.56. The lowest BCUT2D eigenvalue weighted by molar-refractivity contribution is 0.0518. The van der Waals surface area contributed by atoms with Gasteiger partial charge in [-0.3, -0.25) is 0 Å². The molecule has 0 aliphatic rings. The molecule has 0 amide bonds. The normalized spacial score (nSPS) is 11.6. The molecule has 158 valence electrons. The molecule has 0 atom stereocenters. The summed E-state index contributed by atoms with van der Waals surface area (Å²) in [5, 5.41) is 0.788. The quantitative estimate of drug-likeness (QED) is 0.370. The van der Waals surface area contributed by atoms with Crippen LogP contribution in [0.4, 0.5) is 4.39 Å². The molecule has 31 heavy (non-hydrogen) atoms. The molecule has 0 radical (unpaired) electrons. The van der Waals surface area contributed by atoms with Crippen molar-refractivity contribution in [2.24, 2.45) is 0 Å². The average Bonchev–Trinajstić information content (AvgIpc) is 3.14. The molecule has 1 aromatic heterocycles. The molecule has 0 aliphatic carbocycles. The van der Waals surface area contributed by atoms with Gasteiger partial charge in [-0.05, 0) is 54.4 Å². The lowest BCUT2D eigenvalue weighted by atomic mass is 10.1. The number of nitrogens with zero attached hydrogens (tertiary/aromatic N) is 1. The molecule has 0 saturated heterocycles. The van der Waals surface area contributed by atoms with Gasteiger partial charge in [0.2, 0.25) is 0 Å². The van der Waals surface area contributed by atoms with E-state index >= 15 is 4.39 Å². The van der Waals surface area contributed by atoms with Crippen LogP contribution in [0.3, 0.4) is 0 Å². The van der Waals surface area contributed by atoms with Crippen LogP contribution in [0, 0.1) is 5.82 Å². The summed E-state index contributed by atoms with van der Waals surface area (Å²) in [5.74, 6) is -1.76. The van der Waals surface area contributed by atoms with Gasteiger partial charge in [0.05, 0.1) is 12.1 Å². The van der Waals surface area contributed by atoms with Crippen molar-refractivity contribution in [3.05, 3.63) is 89.3 Å². The molecular formula is C23H17ClFNO4S. The van der Waals surface area contributed by atoms with E-state index in [0.29, 0.717) is 16.0 Å². The highest BCUT2D eigenvalue weighted by Gasteiger charge is 2.29. The lowest BCUT2D eigenvalue weighted by Crippen LogP contribution is -2.20. The van der Waals surface area contributed by atoms with Gasteiger partial charge in [-0.2, -0.15) is 0 Å². The number of esters is 1. The molecule has 0 bridgehead atoms. The maximum atomic E-state index is 15.0. The van der Waals surface area contributed by atoms with Gasteiger partial charge < -0.3 is 4.74 Å². The second kappa shape index (κ2) is 8.17. The van der Waals surface area contributed by atoms with Crippen molar-refractivity contribution in [2.45, 2.75) is 11.8 Å². The number of aromatic nitrogens is 1. The molecule has 8 heteroatoms. The summed E-state index contributed by atoms with van der Waals surface area (Å²) in [6.07, 6.45) is 0. The van der Waals surface area contributed by atoms with Gasteiger partial charge in [-0.15, -0.1) is 0 Å². The third kappa shape index (κ3) is 3.82. The van der Waals surface area contributed by atoms with Gasteiger partial charge in [0.25, 0.3) is 10.0 Å². The molecule has 0 N–H and O–H groups in total. The highest BCUT2D eigenvalue weighted by Crippen LogP contribution is 2.31. The Labute approximate surface area is 183 Å². The minimum Gasteiger partial charge on any atom is -0.461 e. The standard InChI is InChI=1S/C23H17ClFNO4S/c1-2-30-23(27)21-14-17-12-18(24)9-10-20(17)26(21)31(28,29)22-11-8-16(13-19(22)25)15-6-4-3-5-7-15/h3-14H,2H2,1H3. The molecule has 5 nitrogen and oxygen atoms in total. The zero-order valence-corrected chi connectivity index (χ0v) is 18.0. The van der Waals surface area contributed by atoms with E-state index in [-0.39, 0.29) is 17.8 Å². The molecule has 4 rings (SSSR count). The number of fused-ring (bicyclic) bond motifs is 1. The van der Waals surface area contributed by atoms with Crippen LogP contribution in [0.1, 0.15) is 17.4 Å². The van der Waals surface area contributed by atoms with Gasteiger partial charge in [0, 0.05) is 10.4 Å². The van der Waals surface area contributed by atoms with Crippen LogP contribution < -0.4 is 0 Å². The minimum atomic E-state index is -4.46. The maximum absolute atomic E-state index is 15.0.